The summed E-state index contributed by atoms with van der Waals surface area (Å²) in [6, 6.07) is 11.6. The van der Waals surface area contributed by atoms with Gasteiger partial charge in [0.1, 0.15) is 0 Å². The Labute approximate surface area is 117 Å². The molecule has 19 heavy (non-hydrogen) atoms. The molecule has 1 heterocycles. The van der Waals surface area contributed by atoms with Gasteiger partial charge in [-0.05, 0) is 36.8 Å². The van der Waals surface area contributed by atoms with Crippen LogP contribution in [0.15, 0.2) is 36.4 Å². The number of carboxylic acid groups (broad SMARTS) is 1. The van der Waals surface area contributed by atoms with Crippen LogP contribution in [0, 0.1) is 0 Å². The van der Waals surface area contributed by atoms with Crippen molar-refractivity contribution in [1.82, 2.24) is 4.57 Å². The third-order valence-electron chi connectivity index (χ3n) is 3.11. The summed E-state index contributed by atoms with van der Waals surface area (Å²) in [7, 11) is 0. The van der Waals surface area contributed by atoms with Gasteiger partial charge in [0.05, 0.1) is 6.42 Å². The average molecular weight is 278 g/mol. The highest BCUT2D eigenvalue weighted by Crippen LogP contribution is 2.17. The molecule has 100 valence electrons. The van der Waals surface area contributed by atoms with Gasteiger partial charge < -0.3 is 9.67 Å². The number of hydrogen-bond acceptors (Lipinski definition) is 1. The van der Waals surface area contributed by atoms with Gasteiger partial charge in [-0.1, -0.05) is 23.7 Å². The number of aromatic nitrogens is 1. The summed E-state index contributed by atoms with van der Waals surface area (Å²) in [5.74, 6) is -0.800. The fourth-order valence-corrected chi connectivity index (χ4v) is 2.36. The highest BCUT2D eigenvalue weighted by atomic mass is 35.5. The van der Waals surface area contributed by atoms with Crippen LogP contribution in [0.3, 0.4) is 0 Å². The van der Waals surface area contributed by atoms with Crippen molar-refractivity contribution in [1.29, 1.82) is 0 Å². The van der Waals surface area contributed by atoms with Crippen molar-refractivity contribution >= 4 is 17.6 Å². The van der Waals surface area contributed by atoms with E-state index in [1.54, 1.807) is 0 Å². The molecule has 0 saturated carbocycles. The molecule has 2 aromatic rings. The van der Waals surface area contributed by atoms with E-state index in [0.717, 1.165) is 29.4 Å². The van der Waals surface area contributed by atoms with Gasteiger partial charge in [0.2, 0.25) is 0 Å². The Morgan fingerprint density at radius 3 is 2.37 bits per heavy atom. The van der Waals surface area contributed by atoms with E-state index in [1.165, 1.54) is 5.56 Å². The van der Waals surface area contributed by atoms with Gasteiger partial charge in [0.15, 0.2) is 0 Å². The summed E-state index contributed by atoms with van der Waals surface area (Å²) in [5.41, 5.74) is 3.14. The van der Waals surface area contributed by atoms with E-state index in [4.69, 9.17) is 16.7 Å². The number of carbonyl (C=O) groups is 1. The zero-order valence-electron chi connectivity index (χ0n) is 10.8. The minimum absolute atomic E-state index is 0.0639. The van der Waals surface area contributed by atoms with Gasteiger partial charge >= 0.3 is 5.97 Å². The van der Waals surface area contributed by atoms with Crippen molar-refractivity contribution in [3.05, 3.63) is 58.4 Å². The van der Waals surface area contributed by atoms with Gasteiger partial charge in [-0.25, -0.2) is 0 Å². The van der Waals surface area contributed by atoms with Crippen LogP contribution in [0.25, 0.3) is 0 Å². The first-order valence-corrected chi connectivity index (χ1v) is 6.61. The van der Waals surface area contributed by atoms with Crippen LogP contribution in [-0.2, 0) is 24.2 Å². The second-order valence-electron chi connectivity index (χ2n) is 4.43. The van der Waals surface area contributed by atoms with E-state index < -0.39 is 5.97 Å². The molecule has 1 aromatic carbocycles. The largest absolute Gasteiger partial charge is 0.481 e. The topological polar surface area (TPSA) is 42.2 Å². The van der Waals surface area contributed by atoms with Crippen LogP contribution in [0.4, 0.5) is 0 Å². The SMILES string of the molecule is CCn1c(CC(=O)O)ccc1Cc1ccc(Cl)cc1. The molecule has 0 saturated heterocycles. The fourth-order valence-electron chi connectivity index (χ4n) is 2.24. The second-order valence-corrected chi connectivity index (χ2v) is 4.87. The molecule has 0 radical (unpaired) electrons. The Balaban J connectivity index is 2.22. The molecule has 4 heteroatoms. The van der Waals surface area contributed by atoms with E-state index in [0.29, 0.717) is 0 Å². The Kier molecular flexibility index (Phi) is 4.27. The van der Waals surface area contributed by atoms with Crippen molar-refractivity contribution in [2.24, 2.45) is 0 Å². The van der Waals surface area contributed by atoms with E-state index in [1.807, 2.05) is 43.3 Å². The zero-order valence-corrected chi connectivity index (χ0v) is 11.5. The molecule has 1 N–H and O–H groups in total. The zero-order chi connectivity index (χ0) is 13.8. The van der Waals surface area contributed by atoms with Gasteiger partial charge in [-0.3, -0.25) is 4.79 Å². The Bertz CT molecular complexity index is 572. The van der Waals surface area contributed by atoms with Crippen LogP contribution < -0.4 is 0 Å². The minimum atomic E-state index is -0.800. The number of hydrogen-bond donors (Lipinski definition) is 1. The van der Waals surface area contributed by atoms with Gasteiger partial charge in [-0.2, -0.15) is 0 Å². The molecular weight excluding hydrogens is 262 g/mol. The average Bonchev–Trinajstić information content (AvgIpc) is 2.73. The summed E-state index contributed by atoms with van der Waals surface area (Å²) < 4.78 is 2.06. The Morgan fingerprint density at radius 2 is 1.79 bits per heavy atom. The first kappa shape index (κ1) is 13.7. The molecule has 0 atom stereocenters. The third kappa shape index (κ3) is 3.38. The normalized spacial score (nSPS) is 10.6. The summed E-state index contributed by atoms with van der Waals surface area (Å²) in [5, 5.41) is 9.61. The van der Waals surface area contributed by atoms with Crippen molar-refractivity contribution in [3.63, 3.8) is 0 Å². The molecule has 3 nitrogen and oxygen atoms in total. The molecule has 0 spiro atoms. The number of nitrogens with zero attached hydrogens (tertiary/aromatic N) is 1. The fraction of sp³-hybridized carbons (Fsp3) is 0.267. The Morgan fingerprint density at radius 1 is 1.16 bits per heavy atom. The molecule has 2 rings (SSSR count). The Hall–Kier alpha value is -1.74. The van der Waals surface area contributed by atoms with Crippen LogP contribution in [0.5, 0.6) is 0 Å². The maximum Gasteiger partial charge on any atom is 0.309 e. The third-order valence-corrected chi connectivity index (χ3v) is 3.36. The quantitative estimate of drug-likeness (QED) is 0.910. The first-order valence-electron chi connectivity index (χ1n) is 6.23. The molecule has 0 fully saturated rings. The molecule has 0 unspecified atom stereocenters. The molecule has 0 aliphatic carbocycles. The number of benzene rings is 1. The molecule has 0 aliphatic rings. The van der Waals surface area contributed by atoms with Crippen LogP contribution in [0.2, 0.25) is 5.02 Å². The van der Waals surface area contributed by atoms with E-state index in [-0.39, 0.29) is 6.42 Å². The van der Waals surface area contributed by atoms with Gasteiger partial charge in [-0.15, -0.1) is 0 Å². The number of aliphatic carboxylic acids is 1. The highest BCUT2D eigenvalue weighted by molar-refractivity contribution is 6.30. The summed E-state index contributed by atoms with van der Waals surface area (Å²) in [6.45, 7) is 2.80. The van der Waals surface area contributed by atoms with Crippen LogP contribution in [-0.4, -0.2) is 15.6 Å². The smallest absolute Gasteiger partial charge is 0.309 e. The van der Waals surface area contributed by atoms with Crippen LogP contribution >= 0.6 is 11.6 Å². The minimum Gasteiger partial charge on any atom is -0.481 e. The van der Waals surface area contributed by atoms with Crippen molar-refractivity contribution in [2.75, 3.05) is 0 Å². The van der Waals surface area contributed by atoms with Crippen molar-refractivity contribution in [2.45, 2.75) is 26.3 Å². The summed E-state index contributed by atoms with van der Waals surface area (Å²) >= 11 is 5.86. The maximum atomic E-state index is 10.8. The molecule has 0 amide bonds. The predicted molar refractivity (Wildman–Crippen MR) is 75.7 cm³/mol. The standard InChI is InChI=1S/C15H16ClNO2/c1-2-17-13(7-8-14(17)10-15(18)19)9-11-3-5-12(16)6-4-11/h3-8H,2,9-10H2,1H3,(H,18,19). The number of halogens is 1. The van der Waals surface area contributed by atoms with E-state index in [9.17, 15) is 4.79 Å². The molecular formula is C15H16ClNO2. The van der Waals surface area contributed by atoms with Crippen molar-refractivity contribution in [3.8, 4) is 0 Å². The number of rotatable bonds is 5. The van der Waals surface area contributed by atoms with Gasteiger partial charge in [0.25, 0.3) is 0 Å². The lowest BCUT2D eigenvalue weighted by Gasteiger charge is -2.10. The lowest BCUT2D eigenvalue weighted by molar-refractivity contribution is -0.136. The monoisotopic (exact) mass is 277 g/mol. The summed E-state index contributed by atoms with van der Waals surface area (Å²) in [4.78, 5) is 10.8. The van der Waals surface area contributed by atoms with E-state index >= 15 is 0 Å². The number of carboxylic acids is 1. The highest BCUT2D eigenvalue weighted by Gasteiger charge is 2.10. The summed E-state index contributed by atoms with van der Waals surface area (Å²) in [6.07, 6.45) is 0.846. The molecule has 0 bridgehead atoms. The van der Waals surface area contributed by atoms with Crippen LogP contribution in [0.1, 0.15) is 23.9 Å². The first-order chi connectivity index (χ1) is 9.10. The molecule has 1 aromatic heterocycles. The van der Waals surface area contributed by atoms with Gasteiger partial charge in [0, 0.05) is 29.4 Å². The predicted octanol–water partition coefficient (Wildman–Crippen LogP) is 3.38. The molecule has 0 aliphatic heterocycles. The lowest BCUT2D eigenvalue weighted by atomic mass is 10.1. The maximum absolute atomic E-state index is 10.8. The lowest BCUT2D eigenvalue weighted by Crippen LogP contribution is -2.09. The second kappa shape index (κ2) is 5.93. The van der Waals surface area contributed by atoms with Crippen molar-refractivity contribution < 1.29 is 9.90 Å². The van der Waals surface area contributed by atoms with E-state index in [2.05, 4.69) is 4.57 Å².